The van der Waals surface area contributed by atoms with Gasteiger partial charge >= 0.3 is 11.9 Å². The van der Waals surface area contributed by atoms with Crippen molar-refractivity contribution in [3.8, 4) is 0 Å². The topological polar surface area (TPSA) is 86.0 Å². The Balaban J connectivity index is 1.69. The number of anilines is 1. The largest absolute Gasteiger partial charge is 0.480 e. The van der Waals surface area contributed by atoms with Gasteiger partial charge in [0, 0.05) is 60.4 Å². The van der Waals surface area contributed by atoms with E-state index in [9.17, 15) is 19.8 Å². The Morgan fingerprint density at radius 1 is 1.00 bits per heavy atom. The van der Waals surface area contributed by atoms with Gasteiger partial charge in [-0.25, -0.2) is 4.79 Å². The second-order valence-electron chi connectivity index (χ2n) is 7.39. The standard InChI is InChI=1S/C22H22ClN3O4/c1-24-17-8-3-2-7-16(17)18(19(24)21(27)28)20(22(29)30)26-11-9-25(10-12-26)15-6-4-5-14(23)13-15/h2-8,13,20H,9-12H2,1H3,(H,27,28)(H,29,30). The molecule has 1 aliphatic heterocycles. The van der Waals surface area contributed by atoms with Crippen molar-refractivity contribution in [2.24, 2.45) is 7.05 Å². The van der Waals surface area contributed by atoms with Crippen LogP contribution in [0.3, 0.4) is 0 Å². The van der Waals surface area contributed by atoms with Gasteiger partial charge in [-0.05, 0) is 24.3 Å². The van der Waals surface area contributed by atoms with Crippen LogP contribution >= 0.6 is 11.6 Å². The van der Waals surface area contributed by atoms with E-state index in [0.717, 1.165) is 5.69 Å². The Bertz CT molecular complexity index is 1120. The van der Waals surface area contributed by atoms with Crippen LogP contribution in [0.4, 0.5) is 5.69 Å². The lowest BCUT2D eigenvalue weighted by atomic mass is 10.00. The maximum absolute atomic E-state index is 12.3. The van der Waals surface area contributed by atoms with E-state index in [0.29, 0.717) is 47.7 Å². The number of rotatable bonds is 5. The van der Waals surface area contributed by atoms with Crippen LogP contribution in [0.15, 0.2) is 48.5 Å². The van der Waals surface area contributed by atoms with Crippen LogP contribution in [0.2, 0.25) is 5.02 Å². The lowest BCUT2D eigenvalue weighted by Crippen LogP contribution is -2.49. The summed E-state index contributed by atoms with van der Waals surface area (Å²) in [4.78, 5) is 28.4. The van der Waals surface area contributed by atoms with Crippen LogP contribution in [0.5, 0.6) is 0 Å². The number of carboxylic acid groups (broad SMARTS) is 2. The first-order chi connectivity index (χ1) is 14.4. The van der Waals surface area contributed by atoms with Crippen LogP contribution in [0.25, 0.3) is 10.9 Å². The van der Waals surface area contributed by atoms with Gasteiger partial charge in [-0.15, -0.1) is 0 Å². The third kappa shape index (κ3) is 3.51. The predicted molar refractivity (Wildman–Crippen MR) is 115 cm³/mol. The number of hydrogen-bond acceptors (Lipinski definition) is 4. The second kappa shape index (κ2) is 8.01. The molecule has 1 aliphatic rings. The number of piperazine rings is 1. The minimum Gasteiger partial charge on any atom is -0.480 e. The first-order valence-electron chi connectivity index (χ1n) is 9.66. The smallest absolute Gasteiger partial charge is 0.352 e. The average Bonchev–Trinajstić information content (AvgIpc) is 3.01. The lowest BCUT2D eigenvalue weighted by Gasteiger charge is -2.39. The molecule has 156 valence electrons. The average molecular weight is 428 g/mol. The number of aromatic carboxylic acids is 1. The zero-order chi connectivity index (χ0) is 21.4. The van der Waals surface area contributed by atoms with Gasteiger partial charge in [0.15, 0.2) is 0 Å². The summed E-state index contributed by atoms with van der Waals surface area (Å²) in [7, 11) is 1.66. The monoisotopic (exact) mass is 427 g/mol. The van der Waals surface area contributed by atoms with Gasteiger partial charge in [-0.1, -0.05) is 35.9 Å². The Morgan fingerprint density at radius 3 is 2.33 bits per heavy atom. The predicted octanol–water partition coefficient (Wildman–Crippen LogP) is 3.48. The van der Waals surface area contributed by atoms with Gasteiger partial charge in [0.2, 0.25) is 0 Å². The molecule has 30 heavy (non-hydrogen) atoms. The molecule has 4 rings (SSSR count). The SMILES string of the molecule is Cn1c(C(=O)O)c(C(C(=O)O)N2CCN(c3cccc(Cl)c3)CC2)c2ccccc21. The number of hydrogen-bond donors (Lipinski definition) is 2. The zero-order valence-electron chi connectivity index (χ0n) is 16.5. The highest BCUT2D eigenvalue weighted by Crippen LogP contribution is 2.35. The van der Waals surface area contributed by atoms with Crippen molar-refractivity contribution in [3.63, 3.8) is 0 Å². The molecular weight excluding hydrogens is 406 g/mol. The maximum Gasteiger partial charge on any atom is 0.352 e. The van der Waals surface area contributed by atoms with Crippen molar-refractivity contribution >= 4 is 40.1 Å². The van der Waals surface area contributed by atoms with E-state index in [1.807, 2.05) is 35.2 Å². The Morgan fingerprint density at radius 2 is 1.70 bits per heavy atom. The molecule has 0 radical (unpaired) electrons. The molecule has 1 fully saturated rings. The van der Waals surface area contributed by atoms with Gasteiger partial charge in [0.1, 0.15) is 11.7 Å². The second-order valence-corrected chi connectivity index (χ2v) is 7.82. The molecule has 3 aromatic rings. The molecule has 0 spiro atoms. The summed E-state index contributed by atoms with van der Waals surface area (Å²) in [6, 6.07) is 13.7. The molecule has 1 atom stereocenters. The number of nitrogens with zero attached hydrogens (tertiary/aromatic N) is 3. The van der Waals surface area contributed by atoms with E-state index in [1.165, 1.54) is 0 Å². The molecular formula is C22H22ClN3O4. The maximum atomic E-state index is 12.3. The molecule has 0 aliphatic carbocycles. The van der Waals surface area contributed by atoms with Crippen LogP contribution in [0, 0.1) is 0 Å². The lowest BCUT2D eigenvalue weighted by molar-refractivity contribution is -0.143. The third-order valence-corrected chi connectivity index (χ3v) is 5.94. The summed E-state index contributed by atoms with van der Waals surface area (Å²) in [6.45, 7) is 2.23. The fourth-order valence-electron chi connectivity index (χ4n) is 4.33. The summed E-state index contributed by atoms with van der Waals surface area (Å²) in [5.41, 5.74) is 2.05. The Labute approximate surface area is 178 Å². The van der Waals surface area contributed by atoms with Crippen molar-refractivity contribution in [3.05, 3.63) is 64.8 Å². The first kappa shape index (κ1) is 20.3. The molecule has 0 saturated carbocycles. The van der Waals surface area contributed by atoms with E-state index in [2.05, 4.69) is 4.90 Å². The highest BCUT2D eigenvalue weighted by molar-refractivity contribution is 6.30. The van der Waals surface area contributed by atoms with Gasteiger partial charge in [0.25, 0.3) is 0 Å². The summed E-state index contributed by atoms with van der Waals surface area (Å²) in [5, 5.41) is 21.2. The Kier molecular flexibility index (Phi) is 5.40. The number of carbonyl (C=O) groups is 2. The molecule has 2 N–H and O–H groups in total. The quantitative estimate of drug-likeness (QED) is 0.648. The summed E-state index contributed by atoms with van der Waals surface area (Å²) in [6.07, 6.45) is 0. The number of carboxylic acids is 2. The summed E-state index contributed by atoms with van der Waals surface area (Å²) >= 11 is 6.10. The number of benzene rings is 2. The fraction of sp³-hybridized carbons (Fsp3) is 0.273. The highest BCUT2D eigenvalue weighted by atomic mass is 35.5. The molecule has 8 heteroatoms. The van der Waals surface area contributed by atoms with Crippen LogP contribution < -0.4 is 4.90 Å². The number of para-hydroxylation sites is 1. The van der Waals surface area contributed by atoms with Crippen LogP contribution in [-0.4, -0.2) is 57.8 Å². The third-order valence-electron chi connectivity index (χ3n) is 5.71. The van der Waals surface area contributed by atoms with E-state index in [-0.39, 0.29) is 5.69 Å². The number of aromatic nitrogens is 1. The molecule has 1 unspecified atom stereocenters. The normalized spacial score (nSPS) is 16.0. The Hall–Kier alpha value is -3.03. The van der Waals surface area contributed by atoms with E-state index < -0.39 is 18.0 Å². The number of fused-ring (bicyclic) bond motifs is 1. The molecule has 1 aromatic heterocycles. The number of aliphatic carboxylic acids is 1. The van der Waals surface area contributed by atoms with Gasteiger partial charge in [-0.2, -0.15) is 0 Å². The molecule has 1 saturated heterocycles. The molecule has 0 amide bonds. The molecule has 0 bridgehead atoms. The van der Waals surface area contributed by atoms with Crippen molar-refractivity contribution in [2.45, 2.75) is 6.04 Å². The fourth-order valence-corrected chi connectivity index (χ4v) is 4.52. The number of halogens is 1. The summed E-state index contributed by atoms with van der Waals surface area (Å²) < 4.78 is 1.56. The van der Waals surface area contributed by atoms with E-state index in [4.69, 9.17) is 11.6 Å². The van der Waals surface area contributed by atoms with Crippen LogP contribution in [-0.2, 0) is 11.8 Å². The first-order valence-corrected chi connectivity index (χ1v) is 10.0. The van der Waals surface area contributed by atoms with Gasteiger partial charge in [0.05, 0.1) is 0 Å². The number of aryl methyl sites for hydroxylation is 1. The summed E-state index contributed by atoms with van der Waals surface area (Å²) in [5.74, 6) is -2.18. The molecule has 2 heterocycles. The highest BCUT2D eigenvalue weighted by Gasteiger charge is 2.36. The van der Waals surface area contributed by atoms with Crippen molar-refractivity contribution in [1.29, 1.82) is 0 Å². The van der Waals surface area contributed by atoms with Crippen molar-refractivity contribution in [2.75, 3.05) is 31.1 Å². The van der Waals surface area contributed by atoms with Crippen LogP contribution in [0.1, 0.15) is 22.1 Å². The minimum absolute atomic E-state index is 0.0147. The van der Waals surface area contributed by atoms with E-state index in [1.54, 1.807) is 29.8 Å². The zero-order valence-corrected chi connectivity index (χ0v) is 17.2. The van der Waals surface area contributed by atoms with Crippen molar-refractivity contribution < 1.29 is 19.8 Å². The van der Waals surface area contributed by atoms with Gasteiger partial charge in [-0.3, -0.25) is 9.69 Å². The van der Waals surface area contributed by atoms with Crippen molar-refractivity contribution in [1.82, 2.24) is 9.47 Å². The van der Waals surface area contributed by atoms with E-state index >= 15 is 0 Å². The minimum atomic E-state index is -1.13. The molecule has 7 nitrogen and oxygen atoms in total. The molecule has 2 aromatic carbocycles. The van der Waals surface area contributed by atoms with Gasteiger partial charge < -0.3 is 19.7 Å².